The fraction of sp³-hybridized carbons (Fsp3) is 0.235. The Labute approximate surface area is 138 Å². The fourth-order valence-electron chi connectivity index (χ4n) is 1.98. The predicted molar refractivity (Wildman–Crippen MR) is 84.7 cm³/mol. The average molecular weight is 339 g/mol. The number of ether oxygens (including phenoxy) is 3. The van der Waals surface area contributed by atoms with Crippen molar-refractivity contribution in [3.8, 4) is 11.5 Å². The molecule has 0 atom stereocenters. The highest BCUT2D eigenvalue weighted by molar-refractivity contribution is 6.32. The lowest BCUT2D eigenvalue weighted by Gasteiger charge is -2.14. The Balaban J connectivity index is 2.23. The number of carbonyl (C=O) groups is 1. The van der Waals surface area contributed by atoms with E-state index in [1.807, 2.05) is 13.0 Å². The molecule has 0 spiro atoms. The standard InChI is InChI=1S/C17H16ClFO4/c1-10-5-4-6-15(23-17(20)21-3)12(10)9-22-16-7-11(2)14(19)8-13(16)18/h4-8H,9H2,1-3H3. The summed E-state index contributed by atoms with van der Waals surface area (Å²) in [6.45, 7) is 3.60. The summed E-state index contributed by atoms with van der Waals surface area (Å²) in [6.07, 6.45) is -0.812. The fourth-order valence-corrected chi connectivity index (χ4v) is 2.18. The lowest BCUT2D eigenvalue weighted by atomic mass is 10.1. The first kappa shape index (κ1) is 17.1. The molecule has 0 aliphatic carbocycles. The molecule has 0 amide bonds. The van der Waals surface area contributed by atoms with Gasteiger partial charge in [-0.25, -0.2) is 9.18 Å². The van der Waals surface area contributed by atoms with Crippen LogP contribution in [0.1, 0.15) is 16.7 Å². The van der Waals surface area contributed by atoms with E-state index in [-0.39, 0.29) is 11.6 Å². The van der Waals surface area contributed by atoms with Gasteiger partial charge in [0.2, 0.25) is 0 Å². The Bertz CT molecular complexity index is 731. The Morgan fingerprint density at radius 2 is 1.91 bits per heavy atom. The SMILES string of the molecule is COC(=O)Oc1cccc(C)c1COc1cc(C)c(F)cc1Cl. The summed E-state index contributed by atoms with van der Waals surface area (Å²) in [6, 6.07) is 7.99. The minimum Gasteiger partial charge on any atom is -0.487 e. The molecule has 0 saturated carbocycles. The van der Waals surface area contributed by atoms with Gasteiger partial charge in [0, 0.05) is 5.56 Å². The molecule has 122 valence electrons. The molecule has 0 aliphatic rings. The minimum atomic E-state index is -0.812. The van der Waals surface area contributed by atoms with Crippen molar-refractivity contribution in [2.24, 2.45) is 0 Å². The number of aryl methyl sites for hydroxylation is 2. The second-order valence-electron chi connectivity index (χ2n) is 4.93. The van der Waals surface area contributed by atoms with Gasteiger partial charge in [-0.15, -0.1) is 0 Å². The molecule has 2 rings (SSSR count). The molecule has 0 fully saturated rings. The monoisotopic (exact) mass is 338 g/mol. The van der Waals surface area contributed by atoms with Crippen LogP contribution in [0, 0.1) is 19.7 Å². The first-order valence-corrected chi connectivity index (χ1v) is 7.23. The van der Waals surface area contributed by atoms with Crippen LogP contribution in [-0.2, 0) is 11.3 Å². The van der Waals surface area contributed by atoms with Gasteiger partial charge in [0.25, 0.3) is 0 Å². The first-order valence-electron chi connectivity index (χ1n) is 6.85. The van der Waals surface area contributed by atoms with E-state index >= 15 is 0 Å². The highest BCUT2D eigenvalue weighted by Crippen LogP contribution is 2.30. The van der Waals surface area contributed by atoms with Crippen molar-refractivity contribution in [3.63, 3.8) is 0 Å². The summed E-state index contributed by atoms with van der Waals surface area (Å²) < 4.78 is 28.7. The van der Waals surface area contributed by atoms with Crippen LogP contribution < -0.4 is 9.47 Å². The molecule has 0 heterocycles. The van der Waals surface area contributed by atoms with E-state index < -0.39 is 12.0 Å². The summed E-state index contributed by atoms with van der Waals surface area (Å²) in [5, 5.41) is 0.178. The summed E-state index contributed by atoms with van der Waals surface area (Å²) in [4.78, 5) is 11.3. The van der Waals surface area contributed by atoms with E-state index in [1.54, 1.807) is 19.1 Å². The van der Waals surface area contributed by atoms with E-state index in [0.29, 0.717) is 22.6 Å². The van der Waals surface area contributed by atoms with Crippen molar-refractivity contribution in [3.05, 3.63) is 57.9 Å². The van der Waals surface area contributed by atoms with Gasteiger partial charge >= 0.3 is 6.16 Å². The van der Waals surface area contributed by atoms with Crippen LogP contribution in [0.3, 0.4) is 0 Å². The number of hydrogen-bond acceptors (Lipinski definition) is 4. The van der Waals surface area contributed by atoms with Crippen LogP contribution in [0.2, 0.25) is 5.02 Å². The Kier molecular flexibility index (Phi) is 5.45. The lowest BCUT2D eigenvalue weighted by Crippen LogP contribution is -2.10. The van der Waals surface area contributed by atoms with Crippen LogP contribution in [0.5, 0.6) is 11.5 Å². The normalized spacial score (nSPS) is 10.3. The first-order chi connectivity index (χ1) is 10.9. The number of hydrogen-bond donors (Lipinski definition) is 0. The summed E-state index contributed by atoms with van der Waals surface area (Å²) >= 11 is 5.98. The van der Waals surface area contributed by atoms with E-state index in [2.05, 4.69) is 4.74 Å². The molecule has 0 aromatic heterocycles. The molecule has 0 bridgehead atoms. The Morgan fingerprint density at radius 3 is 2.61 bits per heavy atom. The van der Waals surface area contributed by atoms with Gasteiger partial charge in [-0.1, -0.05) is 23.7 Å². The maximum atomic E-state index is 13.4. The zero-order chi connectivity index (χ0) is 17.0. The minimum absolute atomic E-state index is 0.115. The number of carbonyl (C=O) groups excluding carboxylic acids is 1. The largest absolute Gasteiger partial charge is 0.513 e. The molecule has 23 heavy (non-hydrogen) atoms. The molecule has 4 nitrogen and oxygen atoms in total. The van der Waals surface area contributed by atoms with Crippen molar-refractivity contribution in [1.82, 2.24) is 0 Å². The van der Waals surface area contributed by atoms with E-state index in [1.165, 1.54) is 19.2 Å². The third-order valence-corrected chi connectivity index (χ3v) is 3.61. The van der Waals surface area contributed by atoms with Crippen molar-refractivity contribution in [2.45, 2.75) is 20.5 Å². The highest BCUT2D eigenvalue weighted by atomic mass is 35.5. The molecule has 0 aliphatic heterocycles. The predicted octanol–water partition coefficient (Wildman–Crippen LogP) is 4.82. The van der Waals surface area contributed by atoms with Gasteiger partial charge in [-0.05, 0) is 43.2 Å². The van der Waals surface area contributed by atoms with Gasteiger partial charge < -0.3 is 14.2 Å². The van der Waals surface area contributed by atoms with E-state index in [9.17, 15) is 9.18 Å². The molecule has 2 aromatic carbocycles. The maximum absolute atomic E-state index is 13.4. The highest BCUT2D eigenvalue weighted by Gasteiger charge is 2.14. The van der Waals surface area contributed by atoms with Gasteiger partial charge in [-0.2, -0.15) is 0 Å². The van der Waals surface area contributed by atoms with Crippen LogP contribution in [-0.4, -0.2) is 13.3 Å². The van der Waals surface area contributed by atoms with Gasteiger partial charge in [0.1, 0.15) is 23.9 Å². The van der Waals surface area contributed by atoms with E-state index in [4.69, 9.17) is 21.1 Å². The third kappa shape index (κ3) is 4.13. The molecule has 0 N–H and O–H groups in total. The number of halogens is 2. The zero-order valence-corrected chi connectivity index (χ0v) is 13.7. The molecule has 0 unspecified atom stereocenters. The summed E-state index contributed by atoms with van der Waals surface area (Å²) in [5.74, 6) is 0.303. The lowest BCUT2D eigenvalue weighted by molar-refractivity contribution is 0.120. The quantitative estimate of drug-likeness (QED) is 0.592. The van der Waals surface area contributed by atoms with Crippen LogP contribution in [0.4, 0.5) is 9.18 Å². The summed E-state index contributed by atoms with van der Waals surface area (Å²) in [7, 11) is 1.23. The topological polar surface area (TPSA) is 44.8 Å². The molecule has 6 heteroatoms. The Hall–Kier alpha value is -2.27. The zero-order valence-electron chi connectivity index (χ0n) is 13.0. The average Bonchev–Trinajstić information content (AvgIpc) is 2.51. The van der Waals surface area contributed by atoms with Crippen molar-refractivity contribution in [2.75, 3.05) is 7.11 Å². The van der Waals surface area contributed by atoms with Crippen molar-refractivity contribution >= 4 is 17.8 Å². The van der Waals surface area contributed by atoms with Crippen LogP contribution in [0.25, 0.3) is 0 Å². The maximum Gasteiger partial charge on any atom is 0.513 e. The van der Waals surface area contributed by atoms with Gasteiger partial charge in [-0.3, -0.25) is 0 Å². The van der Waals surface area contributed by atoms with Crippen molar-refractivity contribution < 1.29 is 23.4 Å². The molecule has 2 aromatic rings. The van der Waals surface area contributed by atoms with Gasteiger partial charge in [0.15, 0.2) is 0 Å². The molecule has 0 radical (unpaired) electrons. The summed E-state index contributed by atoms with van der Waals surface area (Å²) in [5.41, 5.74) is 1.98. The van der Waals surface area contributed by atoms with Crippen LogP contribution in [0.15, 0.2) is 30.3 Å². The smallest absolute Gasteiger partial charge is 0.487 e. The van der Waals surface area contributed by atoms with Gasteiger partial charge in [0.05, 0.1) is 12.1 Å². The number of methoxy groups -OCH3 is 1. The van der Waals surface area contributed by atoms with Crippen molar-refractivity contribution in [1.29, 1.82) is 0 Å². The number of rotatable bonds is 4. The molecule has 0 saturated heterocycles. The van der Waals surface area contributed by atoms with E-state index in [0.717, 1.165) is 5.56 Å². The second-order valence-corrected chi connectivity index (χ2v) is 5.34. The number of benzene rings is 2. The van der Waals surface area contributed by atoms with Crippen LogP contribution >= 0.6 is 11.6 Å². The molecular formula is C17H16ClFO4. The third-order valence-electron chi connectivity index (χ3n) is 3.31. The second kappa shape index (κ2) is 7.33. The molecular weight excluding hydrogens is 323 g/mol. The Morgan fingerprint density at radius 1 is 1.17 bits per heavy atom.